The monoisotopic (exact) mass is 422 g/mol. The second-order valence-corrected chi connectivity index (χ2v) is 7.80. The fraction of sp³-hybridized carbons (Fsp3) is 0.261. The fourth-order valence-electron chi connectivity index (χ4n) is 3.51. The Hall–Kier alpha value is -3.52. The molecule has 0 saturated heterocycles. The van der Waals surface area contributed by atoms with Gasteiger partial charge in [-0.05, 0) is 17.2 Å². The van der Waals surface area contributed by atoms with Crippen LogP contribution in [0.1, 0.15) is 25.1 Å². The minimum Gasteiger partial charge on any atom is -0.395 e. The van der Waals surface area contributed by atoms with Gasteiger partial charge in [-0.2, -0.15) is 0 Å². The molecule has 7 nitrogen and oxygen atoms in total. The highest BCUT2D eigenvalue weighted by Crippen LogP contribution is 2.34. The van der Waals surface area contributed by atoms with Crippen molar-refractivity contribution in [1.29, 1.82) is 0 Å². The molecule has 1 aliphatic rings. The summed E-state index contributed by atoms with van der Waals surface area (Å²) in [5, 5.41) is 16.2. The average Bonchev–Trinajstić information content (AvgIpc) is 3.37. The summed E-state index contributed by atoms with van der Waals surface area (Å²) in [6.07, 6.45) is 0. The molecule has 2 N–H and O–H groups in total. The number of hydrogen-bond acceptors (Lipinski definition) is 6. The van der Waals surface area contributed by atoms with Crippen molar-refractivity contribution in [2.45, 2.75) is 19.3 Å². The number of benzene rings is 2. The number of amides is 1. The van der Waals surface area contributed by atoms with Crippen LogP contribution in [-0.2, 0) is 10.2 Å². The highest BCUT2D eigenvalue weighted by Gasteiger charge is 2.30. The Labute approximate surface area is 179 Å². The van der Waals surface area contributed by atoms with Gasteiger partial charge < -0.3 is 9.63 Å². The van der Waals surface area contributed by atoms with Crippen LogP contribution >= 0.6 is 0 Å². The molecular formula is C23H23FN4O3. The molecule has 3 aromatic rings. The van der Waals surface area contributed by atoms with Gasteiger partial charge in [0, 0.05) is 17.0 Å². The molecule has 0 fully saturated rings. The second-order valence-electron chi connectivity index (χ2n) is 7.80. The number of carbonyl (C=O) groups excluding carboxylic acids is 1. The molecule has 0 radical (unpaired) electrons. The molecule has 4 rings (SSSR count). The molecule has 0 aliphatic carbocycles. The standard InChI is InChI=1S/C23H23FN4O3/c1-23(2,16-8-9-17(18(24)12-16)15-6-4-3-5-7-15)19-13-20(31-27-19)26-22-25-14-21(30)28(22)10-11-29/h3-9,12-13,29H,10-11,14H2,1-2H3,(H,25,26). The largest absolute Gasteiger partial charge is 0.395 e. The summed E-state index contributed by atoms with van der Waals surface area (Å²) >= 11 is 0. The Morgan fingerprint density at radius 2 is 1.97 bits per heavy atom. The Balaban J connectivity index is 1.55. The lowest BCUT2D eigenvalue weighted by Gasteiger charge is -2.23. The van der Waals surface area contributed by atoms with Crippen molar-refractivity contribution in [2.24, 2.45) is 4.99 Å². The van der Waals surface area contributed by atoms with Gasteiger partial charge in [0.1, 0.15) is 12.4 Å². The Kier molecular flexibility index (Phi) is 5.56. The third-order valence-corrected chi connectivity index (χ3v) is 5.41. The van der Waals surface area contributed by atoms with Gasteiger partial charge in [-0.15, -0.1) is 0 Å². The number of carbonyl (C=O) groups is 1. The molecule has 2 aromatic carbocycles. The summed E-state index contributed by atoms with van der Waals surface area (Å²) in [5.74, 6) is 0.0985. The van der Waals surface area contributed by atoms with Crippen LogP contribution in [0, 0.1) is 5.82 Å². The van der Waals surface area contributed by atoms with Gasteiger partial charge in [-0.25, -0.2) is 9.38 Å². The van der Waals surface area contributed by atoms with Crippen molar-refractivity contribution >= 4 is 17.8 Å². The summed E-state index contributed by atoms with van der Waals surface area (Å²) in [6, 6.07) is 16.3. The van der Waals surface area contributed by atoms with Crippen LogP contribution in [0.3, 0.4) is 0 Å². The summed E-state index contributed by atoms with van der Waals surface area (Å²) in [4.78, 5) is 17.3. The van der Waals surface area contributed by atoms with E-state index in [4.69, 9.17) is 9.63 Å². The van der Waals surface area contributed by atoms with Gasteiger partial charge in [0.05, 0.1) is 18.8 Å². The number of guanidine groups is 1. The number of hydrogen-bond donors (Lipinski definition) is 2. The van der Waals surface area contributed by atoms with Gasteiger partial charge >= 0.3 is 0 Å². The first-order valence-corrected chi connectivity index (χ1v) is 9.95. The lowest BCUT2D eigenvalue weighted by atomic mass is 9.81. The molecule has 0 unspecified atom stereocenters. The van der Waals surface area contributed by atoms with Crippen LogP contribution in [-0.4, -0.2) is 46.7 Å². The van der Waals surface area contributed by atoms with Crippen LogP contribution in [0.4, 0.5) is 10.3 Å². The molecule has 0 bridgehead atoms. The van der Waals surface area contributed by atoms with E-state index in [2.05, 4.69) is 15.5 Å². The van der Waals surface area contributed by atoms with E-state index in [1.165, 1.54) is 11.0 Å². The average molecular weight is 422 g/mol. The number of halogens is 1. The predicted octanol–water partition coefficient (Wildman–Crippen LogP) is 3.41. The fourth-order valence-corrected chi connectivity index (χ4v) is 3.51. The van der Waals surface area contributed by atoms with E-state index >= 15 is 0 Å². The maximum atomic E-state index is 14.9. The third-order valence-electron chi connectivity index (χ3n) is 5.41. The lowest BCUT2D eigenvalue weighted by molar-refractivity contribution is -0.125. The molecule has 1 aromatic heterocycles. The van der Waals surface area contributed by atoms with Crippen molar-refractivity contribution in [2.75, 3.05) is 25.0 Å². The number of aliphatic hydroxyl groups excluding tert-OH is 1. The molecule has 0 spiro atoms. The Bertz CT molecular complexity index is 1120. The van der Waals surface area contributed by atoms with Crippen LogP contribution in [0.15, 0.2) is 64.1 Å². The first kappa shape index (κ1) is 20.7. The van der Waals surface area contributed by atoms with E-state index in [0.717, 1.165) is 11.1 Å². The van der Waals surface area contributed by atoms with E-state index in [0.29, 0.717) is 23.1 Å². The number of aliphatic hydroxyl groups is 1. The van der Waals surface area contributed by atoms with Gasteiger partial charge in [0.25, 0.3) is 5.91 Å². The van der Waals surface area contributed by atoms with Crippen LogP contribution in [0.5, 0.6) is 0 Å². The van der Waals surface area contributed by atoms with E-state index in [-0.39, 0.29) is 31.4 Å². The van der Waals surface area contributed by atoms with Crippen molar-refractivity contribution in [1.82, 2.24) is 10.1 Å². The molecule has 31 heavy (non-hydrogen) atoms. The van der Waals surface area contributed by atoms with Gasteiger partial charge in [0.15, 0.2) is 0 Å². The molecule has 0 atom stereocenters. The molecule has 8 heteroatoms. The van der Waals surface area contributed by atoms with Gasteiger partial charge in [-0.3, -0.25) is 15.0 Å². The molecule has 0 saturated carbocycles. The Morgan fingerprint density at radius 3 is 2.68 bits per heavy atom. The summed E-state index contributed by atoms with van der Waals surface area (Å²) < 4.78 is 20.3. The summed E-state index contributed by atoms with van der Waals surface area (Å²) in [6.45, 7) is 3.85. The molecular weight excluding hydrogens is 399 g/mol. The topological polar surface area (TPSA) is 91.0 Å². The summed E-state index contributed by atoms with van der Waals surface area (Å²) in [5.41, 5.74) is 2.07. The predicted molar refractivity (Wildman–Crippen MR) is 115 cm³/mol. The second kappa shape index (κ2) is 8.31. The van der Waals surface area contributed by atoms with E-state index in [1.807, 2.05) is 50.2 Å². The third kappa shape index (κ3) is 4.06. The first-order valence-electron chi connectivity index (χ1n) is 9.95. The number of nitrogens with one attached hydrogen (secondary N) is 1. The lowest BCUT2D eigenvalue weighted by Crippen LogP contribution is -2.38. The quantitative estimate of drug-likeness (QED) is 0.635. The first-order chi connectivity index (χ1) is 14.9. The molecule has 1 amide bonds. The number of aliphatic imine (C=N–C) groups is 1. The zero-order valence-corrected chi connectivity index (χ0v) is 17.3. The number of aromatic nitrogens is 1. The van der Waals surface area contributed by atoms with Crippen molar-refractivity contribution in [3.05, 3.63) is 71.7 Å². The van der Waals surface area contributed by atoms with Crippen molar-refractivity contribution < 1.29 is 18.8 Å². The highest BCUT2D eigenvalue weighted by molar-refractivity contribution is 6.08. The van der Waals surface area contributed by atoms with Crippen molar-refractivity contribution in [3.8, 4) is 11.1 Å². The minimum atomic E-state index is -0.627. The van der Waals surface area contributed by atoms with E-state index in [1.54, 1.807) is 12.1 Å². The van der Waals surface area contributed by atoms with E-state index < -0.39 is 5.41 Å². The molecule has 2 heterocycles. The summed E-state index contributed by atoms with van der Waals surface area (Å²) in [7, 11) is 0. The van der Waals surface area contributed by atoms with Gasteiger partial charge in [0.2, 0.25) is 11.8 Å². The number of β-amino-alcohol motifs (C(OH)–C–C–N with tert-alkyl or cyclic N) is 1. The molecule has 1 aliphatic heterocycles. The smallest absolute Gasteiger partial charge is 0.251 e. The maximum absolute atomic E-state index is 14.9. The van der Waals surface area contributed by atoms with Crippen LogP contribution < -0.4 is 5.32 Å². The van der Waals surface area contributed by atoms with E-state index in [9.17, 15) is 9.18 Å². The zero-order chi connectivity index (χ0) is 22.0. The van der Waals surface area contributed by atoms with Gasteiger partial charge in [-0.1, -0.05) is 61.5 Å². The highest BCUT2D eigenvalue weighted by atomic mass is 19.1. The van der Waals surface area contributed by atoms with Crippen LogP contribution in [0.25, 0.3) is 11.1 Å². The van der Waals surface area contributed by atoms with Crippen molar-refractivity contribution in [3.63, 3.8) is 0 Å². The number of rotatable bonds is 6. The molecule has 160 valence electrons. The normalized spacial score (nSPS) is 14.1. The Morgan fingerprint density at radius 1 is 1.19 bits per heavy atom. The number of nitrogens with zero attached hydrogens (tertiary/aromatic N) is 3. The maximum Gasteiger partial charge on any atom is 0.251 e. The number of anilines is 1. The SMILES string of the molecule is CC(C)(c1ccc(-c2ccccc2)c(F)c1)c1cc(NC2=NCC(=O)N2CCO)on1. The van der Waals surface area contributed by atoms with Crippen LogP contribution in [0.2, 0.25) is 0 Å². The minimum absolute atomic E-state index is 0.0157. The zero-order valence-electron chi connectivity index (χ0n) is 17.3.